The third kappa shape index (κ3) is 4.56. The number of halogens is 3. The van der Waals surface area contributed by atoms with Gasteiger partial charge in [0.1, 0.15) is 12.0 Å². The first-order valence-electron chi connectivity index (χ1n) is 7.52. The molecule has 138 valence electrons. The maximum atomic E-state index is 12.7. The minimum Gasteiger partial charge on any atom is -0.385 e. The van der Waals surface area contributed by atoms with Gasteiger partial charge in [-0.15, -0.1) is 10.2 Å². The van der Waals surface area contributed by atoms with Crippen LogP contribution < -0.4 is 5.32 Å². The summed E-state index contributed by atoms with van der Waals surface area (Å²) in [6.45, 7) is 2.84. The van der Waals surface area contributed by atoms with Crippen LogP contribution in [0.2, 0.25) is 0 Å². The van der Waals surface area contributed by atoms with E-state index in [1.54, 1.807) is 18.6 Å². The monoisotopic (exact) mass is 360 g/mol. The van der Waals surface area contributed by atoms with E-state index < -0.39 is 23.8 Å². The minimum atomic E-state index is -4.61. The molecule has 0 spiro atoms. The first-order valence-corrected chi connectivity index (χ1v) is 7.52. The number of carbonyl (C=O) groups excluding carboxylic acids is 1. The van der Waals surface area contributed by atoms with Crippen molar-refractivity contribution in [2.75, 3.05) is 13.7 Å². The third-order valence-electron chi connectivity index (χ3n) is 3.53. The Morgan fingerprint density at radius 2 is 2.16 bits per heavy atom. The average Bonchev–Trinajstić information content (AvgIpc) is 3.13. The van der Waals surface area contributed by atoms with Crippen molar-refractivity contribution in [3.63, 3.8) is 0 Å². The Balaban J connectivity index is 2.08. The van der Waals surface area contributed by atoms with E-state index >= 15 is 0 Å². The molecular formula is C14H19F3N6O2. The van der Waals surface area contributed by atoms with Gasteiger partial charge in [-0.2, -0.15) is 18.3 Å². The zero-order valence-electron chi connectivity index (χ0n) is 14.0. The molecule has 11 heteroatoms. The lowest BCUT2D eigenvalue weighted by atomic mass is 10.2. The molecule has 1 N–H and O–H groups in total. The molecule has 2 heterocycles. The normalized spacial score (nSPS) is 13.0. The maximum Gasteiger partial charge on any atom is 0.435 e. The number of ether oxygens (including phenoxy) is 1. The molecule has 0 saturated heterocycles. The molecule has 0 fully saturated rings. The van der Waals surface area contributed by atoms with Gasteiger partial charge in [0.2, 0.25) is 0 Å². The largest absolute Gasteiger partial charge is 0.435 e. The summed E-state index contributed by atoms with van der Waals surface area (Å²) in [5.41, 5.74) is -1.31. The van der Waals surface area contributed by atoms with Crippen LogP contribution in [0.25, 0.3) is 0 Å². The van der Waals surface area contributed by atoms with Crippen molar-refractivity contribution in [3.8, 4) is 0 Å². The second kappa shape index (κ2) is 7.64. The van der Waals surface area contributed by atoms with Crippen molar-refractivity contribution in [1.29, 1.82) is 0 Å². The standard InChI is InChI=1S/C14H19F3N6O2/c1-9(12-20-18-8-23(12)5-4-6-25-3)19-13(24)10-7-11(14(15,16)17)21-22(10)2/h7-9H,4-6H2,1-3H3,(H,19,24). The molecule has 0 aliphatic carbocycles. The number of carbonyl (C=O) groups is 1. The van der Waals surface area contributed by atoms with Gasteiger partial charge in [-0.05, 0) is 13.3 Å². The van der Waals surface area contributed by atoms with Crippen molar-refractivity contribution in [3.05, 3.63) is 29.6 Å². The van der Waals surface area contributed by atoms with Crippen LogP contribution in [-0.2, 0) is 24.5 Å². The highest BCUT2D eigenvalue weighted by atomic mass is 19.4. The number of methoxy groups -OCH3 is 1. The molecule has 0 saturated carbocycles. The van der Waals surface area contributed by atoms with Gasteiger partial charge in [0.15, 0.2) is 11.5 Å². The van der Waals surface area contributed by atoms with Crippen LogP contribution in [0.15, 0.2) is 12.4 Å². The predicted octanol–water partition coefficient (Wildman–Crippen LogP) is 1.56. The van der Waals surface area contributed by atoms with Gasteiger partial charge < -0.3 is 14.6 Å². The Bertz CT molecular complexity index is 724. The Morgan fingerprint density at radius 1 is 1.44 bits per heavy atom. The first kappa shape index (κ1) is 18.9. The first-order chi connectivity index (χ1) is 11.7. The highest BCUT2D eigenvalue weighted by molar-refractivity contribution is 5.92. The SMILES string of the molecule is COCCCn1cnnc1C(C)NC(=O)c1cc(C(F)(F)F)nn1C. The van der Waals surface area contributed by atoms with Gasteiger partial charge in [0.05, 0.1) is 6.04 Å². The van der Waals surface area contributed by atoms with Crippen LogP contribution in [0.1, 0.15) is 41.4 Å². The summed E-state index contributed by atoms with van der Waals surface area (Å²) in [6, 6.07) is 0.174. The van der Waals surface area contributed by atoms with Crippen molar-refractivity contribution >= 4 is 5.91 Å². The number of amides is 1. The number of aryl methyl sites for hydroxylation is 2. The lowest BCUT2D eigenvalue weighted by Crippen LogP contribution is -2.30. The summed E-state index contributed by atoms with van der Waals surface area (Å²) >= 11 is 0. The van der Waals surface area contributed by atoms with Gasteiger partial charge in [-0.25, -0.2) is 0 Å². The zero-order chi connectivity index (χ0) is 18.6. The Morgan fingerprint density at radius 3 is 2.76 bits per heavy atom. The molecule has 0 bridgehead atoms. The van der Waals surface area contributed by atoms with E-state index in [0.717, 1.165) is 11.1 Å². The molecule has 2 aromatic heterocycles. The second-order valence-corrected chi connectivity index (χ2v) is 5.46. The van der Waals surface area contributed by atoms with Gasteiger partial charge in [-0.3, -0.25) is 9.48 Å². The van der Waals surface area contributed by atoms with Gasteiger partial charge >= 0.3 is 6.18 Å². The van der Waals surface area contributed by atoms with E-state index in [2.05, 4.69) is 20.6 Å². The van der Waals surface area contributed by atoms with Crippen LogP contribution in [0, 0.1) is 0 Å². The fourth-order valence-corrected chi connectivity index (χ4v) is 2.30. The van der Waals surface area contributed by atoms with Gasteiger partial charge in [0.25, 0.3) is 5.91 Å². The number of nitrogens with zero attached hydrogens (tertiary/aromatic N) is 5. The molecule has 0 aromatic carbocycles. The zero-order valence-corrected chi connectivity index (χ0v) is 14.0. The van der Waals surface area contributed by atoms with E-state index in [1.165, 1.54) is 13.4 Å². The molecule has 2 rings (SSSR count). The summed E-state index contributed by atoms with van der Waals surface area (Å²) in [7, 11) is 2.88. The van der Waals surface area contributed by atoms with E-state index in [-0.39, 0.29) is 5.69 Å². The van der Waals surface area contributed by atoms with E-state index in [0.29, 0.717) is 25.0 Å². The third-order valence-corrected chi connectivity index (χ3v) is 3.53. The quantitative estimate of drug-likeness (QED) is 0.757. The van der Waals surface area contributed by atoms with Crippen LogP contribution >= 0.6 is 0 Å². The molecule has 1 unspecified atom stereocenters. The van der Waals surface area contributed by atoms with E-state index in [1.807, 2.05) is 0 Å². The number of alkyl halides is 3. The summed E-state index contributed by atoms with van der Waals surface area (Å²) in [5.74, 6) is -0.174. The summed E-state index contributed by atoms with van der Waals surface area (Å²) in [6.07, 6.45) is -2.35. The second-order valence-electron chi connectivity index (χ2n) is 5.46. The molecular weight excluding hydrogens is 341 g/mol. The Labute approximate surface area is 142 Å². The number of hydrogen-bond donors (Lipinski definition) is 1. The topological polar surface area (TPSA) is 86.9 Å². The highest BCUT2D eigenvalue weighted by Crippen LogP contribution is 2.28. The molecule has 0 aliphatic rings. The Hall–Kier alpha value is -2.43. The van der Waals surface area contributed by atoms with Crippen molar-refractivity contribution in [2.24, 2.45) is 7.05 Å². The minimum absolute atomic E-state index is 0.190. The van der Waals surface area contributed by atoms with Gasteiger partial charge in [0, 0.05) is 33.4 Å². The predicted molar refractivity (Wildman–Crippen MR) is 80.6 cm³/mol. The Kier molecular flexibility index (Phi) is 5.77. The number of hydrogen-bond acceptors (Lipinski definition) is 5. The number of aromatic nitrogens is 5. The lowest BCUT2D eigenvalue weighted by molar-refractivity contribution is -0.141. The van der Waals surface area contributed by atoms with Crippen molar-refractivity contribution in [1.82, 2.24) is 29.9 Å². The van der Waals surface area contributed by atoms with Gasteiger partial charge in [-0.1, -0.05) is 0 Å². The smallest absolute Gasteiger partial charge is 0.385 e. The molecule has 0 aliphatic heterocycles. The maximum absolute atomic E-state index is 12.7. The summed E-state index contributed by atoms with van der Waals surface area (Å²) in [5, 5.41) is 13.7. The van der Waals surface area contributed by atoms with Crippen molar-refractivity contribution < 1.29 is 22.7 Å². The fourth-order valence-electron chi connectivity index (χ4n) is 2.30. The average molecular weight is 360 g/mol. The molecule has 8 nitrogen and oxygen atoms in total. The summed E-state index contributed by atoms with van der Waals surface area (Å²) < 4.78 is 45.7. The van der Waals surface area contributed by atoms with Crippen LogP contribution in [0.5, 0.6) is 0 Å². The lowest BCUT2D eigenvalue weighted by Gasteiger charge is -2.14. The van der Waals surface area contributed by atoms with Crippen LogP contribution in [0.3, 0.4) is 0 Å². The van der Waals surface area contributed by atoms with Crippen molar-refractivity contribution in [2.45, 2.75) is 32.1 Å². The number of nitrogens with one attached hydrogen (secondary N) is 1. The van der Waals surface area contributed by atoms with Crippen LogP contribution in [-0.4, -0.2) is 44.2 Å². The van der Waals surface area contributed by atoms with Crippen LogP contribution in [0.4, 0.5) is 13.2 Å². The molecule has 2 aromatic rings. The fraction of sp³-hybridized carbons (Fsp3) is 0.571. The molecule has 1 atom stereocenters. The summed E-state index contributed by atoms with van der Waals surface area (Å²) in [4.78, 5) is 12.3. The molecule has 0 radical (unpaired) electrons. The molecule has 25 heavy (non-hydrogen) atoms. The number of rotatable bonds is 7. The van der Waals surface area contributed by atoms with E-state index in [4.69, 9.17) is 4.74 Å². The van der Waals surface area contributed by atoms with E-state index in [9.17, 15) is 18.0 Å². The molecule has 1 amide bonds. The highest BCUT2D eigenvalue weighted by Gasteiger charge is 2.35.